The standard InChI is InChI=1S/C16H27N5O/c1-3-17-14-11-15(21-12(2)20-14)18-8-9-19-16(22)10-13-6-4-5-7-13/h11,13H,3-10H2,1-2H3,(H,19,22)(H2,17,18,20,21). The van der Waals surface area contributed by atoms with Gasteiger partial charge < -0.3 is 16.0 Å². The molecule has 1 aliphatic rings. The fourth-order valence-electron chi connectivity index (χ4n) is 2.87. The highest BCUT2D eigenvalue weighted by Crippen LogP contribution is 2.27. The summed E-state index contributed by atoms with van der Waals surface area (Å²) in [4.78, 5) is 20.5. The fourth-order valence-corrected chi connectivity index (χ4v) is 2.87. The van der Waals surface area contributed by atoms with Gasteiger partial charge in [0.05, 0.1) is 0 Å². The van der Waals surface area contributed by atoms with Crippen molar-refractivity contribution >= 4 is 17.5 Å². The number of hydrogen-bond acceptors (Lipinski definition) is 5. The number of hydrogen-bond donors (Lipinski definition) is 3. The zero-order valence-corrected chi connectivity index (χ0v) is 13.6. The number of nitrogens with zero attached hydrogens (tertiary/aromatic N) is 2. The lowest BCUT2D eigenvalue weighted by molar-refractivity contribution is -0.121. The lowest BCUT2D eigenvalue weighted by atomic mass is 10.0. The van der Waals surface area contributed by atoms with Crippen molar-refractivity contribution < 1.29 is 4.79 Å². The Bertz CT molecular complexity index is 485. The van der Waals surface area contributed by atoms with Crippen LogP contribution >= 0.6 is 0 Å². The van der Waals surface area contributed by atoms with Crippen LogP contribution in [0.1, 0.15) is 44.9 Å². The molecule has 122 valence electrons. The molecule has 6 nitrogen and oxygen atoms in total. The molecule has 0 aromatic carbocycles. The Morgan fingerprint density at radius 3 is 2.55 bits per heavy atom. The molecule has 3 N–H and O–H groups in total. The number of anilines is 2. The summed E-state index contributed by atoms with van der Waals surface area (Å²) < 4.78 is 0. The second-order valence-corrected chi connectivity index (χ2v) is 5.85. The van der Waals surface area contributed by atoms with Crippen LogP contribution in [0.25, 0.3) is 0 Å². The van der Waals surface area contributed by atoms with Gasteiger partial charge in [-0.2, -0.15) is 0 Å². The van der Waals surface area contributed by atoms with Crippen LogP contribution in [-0.4, -0.2) is 35.5 Å². The SMILES string of the molecule is CCNc1cc(NCCNC(=O)CC2CCCC2)nc(C)n1. The van der Waals surface area contributed by atoms with E-state index >= 15 is 0 Å². The summed E-state index contributed by atoms with van der Waals surface area (Å²) in [7, 11) is 0. The summed E-state index contributed by atoms with van der Waals surface area (Å²) >= 11 is 0. The van der Waals surface area contributed by atoms with Crippen LogP contribution in [0.2, 0.25) is 0 Å². The highest BCUT2D eigenvalue weighted by molar-refractivity contribution is 5.76. The van der Waals surface area contributed by atoms with Crippen LogP contribution in [0.5, 0.6) is 0 Å². The molecule has 1 aromatic rings. The Hall–Kier alpha value is -1.85. The maximum atomic E-state index is 11.8. The van der Waals surface area contributed by atoms with E-state index in [1.54, 1.807) is 0 Å². The van der Waals surface area contributed by atoms with Gasteiger partial charge in [0.1, 0.15) is 17.5 Å². The quantitative estimate of drug-likeness (QED) is 0.642. The Morgan fingerprint density at radius 2 is 1.86 bits per heavy atom. The van der Waals surface area contributed by atoms with Gasteiger partial charge in [0, 0.05) is 32.1 Å². The number of rotatable bonds is 8. The zero-order chi connectivity index (χ0) is 15.8. The normalized spacial score (nSPS) is 14.8. The average molecular weight is 305 g/mol. The summed E-state index contributed by atoms with van der Waals surface area (Å²) in [5.41, 5.74) is 0. The molecule has 0 saturated heterocycles. The molecule has 0 aliphatic heterocycles. The number of amides is 1. The second kappa shape index (κ2) is 8.56. The molecule has 1 aliphatic carbocycles. The van der Waals surface area contributed by atoms with E-state index in [9.17, 15) is 4.79 Å². The number of aryl methyl sites for hydroxylation is 1. The van der Waals surface area contributed by atoms with Gasteiger partial charge in [0.15, 0.2) is 0 Å². The van der Waals surface area contributed by atoms with Gasteiger partial charge in [0.25, 0.3) is 0 Å². The van der Waals surface area contributed by atoms with Crippen LogP contribution in [0.3, 0.4) is 0 Å². The van der Waals surface area contributed by atoms with E-state index in [-0.39, 0.29) is 5.91 Å². The van der Waals surface area contributed by atoms with Crippen molar-refractivity contribution in [2.24, 2.45) is 5.92 Å². The molecule has 0 unspecified atom stereocenters. The third kappa shape index (κ3) is 5.50. The van der Waals surface area contributed by atoms with Crippen LogP contribution in [0.15, 0.2) is 6.07 Å². The maximum Gasteiger partial charge on any atom is 0.220 e. The van der Waals surface area contributed by atoms with E-state index < -0.39 is 0 Å². The molecule has 1 aromatic heterocycles. The Labute approximate surface area is 132 Å². The Morgan fingerprint density at radius 1 is 1.18 bits per heavy atom. The van der Waals surface area contributed by atoms with Gasteiger partial charge in [-0.1, -0.05) is 12.8 Å². The molecule has 22 heavy (non-hydrogen) atoms. The van der Waals surface area contributed by atoms with Crippen molar-refractivity contribution in [3.8, 4) is 0 Å². The fraction of sp³-hybridized carbons (Fsp3) is 0.688. The van der Waals surface area contributed by atoms with E-state index in [1.807, 2.05) is 19.9 Å². The summed E-state index contributed by atoms with van der Waals surface area (Å²) in [5, 5.41) is 9.38. The zero-order valence-electron chi connectivity index (χ0n) is 13.6. The lowest BCUT2D eigenvalue weighted by Gasteiger charge is -2.11. The minimum absolute atomic E-state index is 0.168. The predicted octanol–water partition coefficient (Wildman–Crippen LogP) is 2.33. The van der Waals surface area contributed by atoms with Gasteiger partial charge in [-0.05, 0) is 32.6 Å². The minimum atomic E-state index is 0.168. The van der Waals surface area contributed by atoms with Crippen molar-refractivity contribution in [1.82, 2.24) is 15.3 Å². The highest BCUT2D eigenvalue weighted by Gasteiger charge is 2.17. The molecular weight excluding hydrogens is 278 g/mol. The summed E-state index contributed by atoms with van der Waals surface area (Å²) in [5.74, 6) is 3.10. The lowest BCUT2D eigenvalue weighted by Crippen LogP contribution is -2.30. The smallest absolute Gasteiger partial charge is 0.220 e. The predicted molar refractivity (Wildman–Crippen MR) is 89.0 cm³/mol. The number of carbonyl (C=O) groups excluding carboxylic acids is 1. The first-order valence-corrected chi connectivity index (χ1v) is 8.27. The first-order valence-electron chi connectivity index (χ1n) is 8.27. The third-order valence-electron chi connectivity index (χ3n) is 3.90. The molecule has 2 rings (SSSR count). The summed E-state index contributed by atoms with van der Waals surface area (Å²) in [6, 6.07) is 1.89. The van der Waals surface area contributed by atoms with E-state index in [2.05, 4.69) is 25.9 Å². The summed E-state index contributed by atoms with van der Waals surface area (Å²) in [6.07, 6.45) is 5.65. The molecule has 0 spiro atoms. The first kappa shape index (κ1) is 16.5. The van der Waals surface area contributed by atoms with E-state index in [0.717, 1.165) is 24.0 Å². The molecule has 0 bridgehead atoms. The molecule has 0 radical (unpaired) electrons. The monoisotopic (exact) mass is 305 g/mol. The van der Waals surface area contributed by atoms with E-state index in [1.165, 1.54) is 25.7 Å². The van der Waals surface area contributed by atoms with Crippen molar-refractivity contribution in [2.75, 3.05) is 30.3 Å². The van der Waals surface area contributed by atoms with Crippen LogP contribution in [0, 0.1) is 12.8 Å². The highest BCUT2D eigenvalue weighted by atomic mass is 16.1. The largest absolute Gasteiger partial charge is 0.370 e. The molecule has 1 fully saturated rings. The molecule has 6 heteroatoms. The van der Waals surface area contributed by atoms with Gasteiger partial charge >= 0.3 is 0 Å². The average Bonchev–Trinajstić information content (AvgIpc) is 2.96. The van der Waals surface area contributed by atoms with Crippen molar-refractivity contribution in [1.29, 1.82) is 0 Å². The van der Waals surface area contributed by atoms with E-state index in [4.69, 9.17) is 0 Å². The van der Waals surface area contributed by atoms with Gasteiger partial charge in [-0.15, -0.1) is 0 Å². The first-order chi connectivity index (χ1) is 10.7. The Balaban J connectivity index is 1.68. The van der Waals surface area contributed by atoms with Crippen molar-refractivity contribution in [2.45, 2.75) is 46.0 Å². The van der Waals surface area contributed by atoms with Crippen LogP contribution in [-0.2, 0) is 4.79 Å². The molecule has 1 amide bonds. The van der Waals surface area contributed by atoms with Crippen LogP contribution < -0.4 is 16.0 Å². The molecule has 1 heterocycles. The Kier molecular flexibility index (Phi) is 6.43. The van der Waals surface area contributed by atoms with Gasteiger partial charge in [0.2, 0.25) is 5.91 Å². The van der Waals surface area contributed by atoms with Gasteiger partial charge in [-0.25, -0.2) is 9.97 Å². The van der Waals surface area contributed by atoms with Crippen molar-refractivity contribution in [3.63, 3.8) is 0 Å². The van der Waals surface area contributed by atoms with E-state index in [0.29, 0.717) is 25.4 Å². The van der Waals surface area contributed by atoms with Crippen LogP contribution in [0.4, 0.5) is 11.6 Å². The number of aromatic nitrogens is 2. The topological polar surface area (TPSA) is 78.9 Å². The third-order valence-corrected chi connectivity index (χ3v) is 3.90. The maximum absolute atomic E-state index is 11.8. The molecular formula is C16H27N5O. The second-order valence-electron chi connectivity index (χ2n) is 5.85. The van der Waals surface area contributed by atoms with Gasteiger partial charge in [-0.3, -0.25) is 4.79 Å². The number of nitrogens with one attached hydrogen (secondary N) is 3. The van der Waals surface area contributed by atoms with Crippen molar-refractivity contribution in [3.05, 3.63) is 11.9 Å². The number of carbonyl (C=O) groups is 1. The minimum Gasteiger partial charge on any atom is -0.370 e. The summed E-state index contributed by atoms with van der Waals surface area (Å²) in [6.45, 7) is 6.01. The molecule has 1 saturated carbocycles. The molecule has 0 atom stereocenters.